The highest BCUT2D eigenvalue weighted by Crippen LogP contribution is 2.20. The van der Waals surface area contributed by atoms with Gasteiger partial charge >= 0.3 is 0 Å². The third-order valence-electron chi connectivity index (χ3n) is 2.87. The summed E-state index contributed by atoms with van der Waals surface area (Å²) >= 11 is 1.66. The minimum absolute atomic E-state index is 0.137. The van der Waals surface area contributed by atoms with Crippen LogP contribution in [0, 0.1) is 18.6 Å². The van der Waals surface area contributed by atoms with Gasteiger partial charge in [0.1, 0.15) is 11.6 Å². The molecule has 1 atom stereocenters. The Balaban J connectivity index is 1.90. The standard InChI is InChI=1S/C16H17F2NS/c1-11-3-2-4-16(5-11)20-10-15(19)8-12-6-13(17)9-14(18)7-12/h2-7,9,15H,8,10,19H2,1H3. The molecule has 0 aliphatic carbocycles. The fraction of sp³-hybridized carbons (Fsp3) is 0.250. The van der Waals surface area contributed by atoms with Crippen molar-refractivity contribution in [2.45, 2.75) is 24.3 Å². The topological polar surface area (TPSA) is 26.0 Å². The van der Waals surface area contributed by atoms with Crippen LogP contribution in [0.15, 0.2) is 47.4 Å². The molecule has 2 aromatic carbocycles. The molecule has 1 unspecified atom stereocenters. The number of halogens is 2. The zero-order chi connectivity index (χ0) is 14.5. The van der Waals surface area contributed by atoms with Crippen LogP contribution in [0.2, 0.25) is 0 Å². The molecule has 0 heterocycles. The predicted octanol–water partition coefficient (Wildman–Crippen LogP) is 3.94. The Morgan fingerprint density at radius 2 is 1.80 bits per heavy atom. The summed E-state index contributed by atoms with van der Waals surface area (Å²) in [4.78, 5) is 1.16. The van der Waals surface area contributed by atoms with E-state index < -0.39 is 11.6 Å². The Hall–Kier alpha value is -1.39. The van der Waals surface area contributed by atoms with Gasteiger partial charge in [-0.1, -0.05) is 17.7 Å². The third-order valence-corrected chi connectivity index (χ3v) is 4.06. The summed E-state index contributed by atoms with van der Waals surface area (Å²) in [6.45, 7) is 2.04. The summed E-state index contributed by atoms with van der Waals surface area (Å²) in [6.07, 6.45) is 0.466. The lowest BCUT2D eigenvalue weighted by Crippen LogP contribution is -2.25. The zero-order valence-corrected chi connectivity index (χ0v) is 12.1. The van der Waals surface area contributed by atoms with E-state index in [1.807, 2.05) is 25.1 Å². The summed E-state index contributed by atoms with van der Waals surface area (Å²) in [6, 6.07) is 11.6. The molecule has 0 saturated carbocycles. The minimum Gasteiger partial charge on any atom is -0.327 e. The smallest absolute Gasteiger partial charge is 0.126 e. The van der Waals surface area contributed by atoms with Gasteiger partial charge in [0.05, 0.1) is 0 Å². The van der Waals surface area contributed by atoms with E-state index in [1.165, 1.54) is 17.7 Å². The van der Waals surface area contributed by atoms with Gasteiger partial charge in [0, 0.05) is 22.8 Å². The number of rotatable bonds is 5. The zero-order valence-electron chi connectivity index (χ0n) is 11.3. The van der Waals surface area contributed by atoms with Crippen LogP contribution >= 0.6 is 11.8 Å². The lowest BCUT2D eigenvalue weighted by Gasteiger charge is -2.12. The Kier molecular flexibility index (Phi) is 5.15. The van der Waals surface area contributed by atoms with E-state index in [9.17, 15) is 8.78 Å². The first kappa shape index (κ1) is 15.0. The molecule has 0 fully saturated rings. The van der Waals surface area contributed by atoms with Crippen LogP contribution in [0.3, 0.4) is 0 Å². The quantitative estimate of drug-likeness (QED) is 0.845. The molecule has 0 aromatic heterocycles. The fourth-order valence-electron chi connectivity index (χ4n) is 2.00. The molecule has 2 aromatic rings. The molecule has 1 nitrogen and oxygen atoms in total. The highest BCUT2D eigenvalue weighted by molar-refractivity contribution is 7.99. The fourth-order valence-corrected chi connectivity index (χ4v) is 2.97. The van der Waals surface area contributed by atoms with Crippen molar-refractivity contribution in [1.29, 1.82) is 0 Å². The molecule has 0 spiro atoms. The summed E-state index contributed by atoms with van der Waals surface area (Å²) in [5.74, 6) is -0.404. The number of hydrogen-bond donors (Lipinski definition) is 1. The van der Waals surface area contributed by atoms with E-state index >= 15 is 0 Å². The molecule has 0 radical (unpaired) electrons. The van der Waals surface area contributed by atoms with Crippen LogP contribution in [0.4, 0.5) is 8.78 Å². The average molecular weight is 293 g/mol. The molecule has 4 heteroatoms. The van der Waals surface area contributed by atoms with Crippen LogP contribution in [0.1, 0.15) is 11.1 Å². The Bertz CT molecular complexity index is 566. The van der Waals surface area contributed by atoms with E-state index in [2.05, 4.69) is 6.07 Å². The molecule has 0 saturated heterocycles. The van der Waals surface area contributed by atoms with E-state index in [4.69, 9.17) is 5.73 Å². The average Bonchev–Trinajstić information content (AvgIpc) is 2.35. The van der Waals surface area contributed by atoms with Crippen LogP contribution in [-0.2, 0) is 6.42 Å². The van der Waals surface area contributed by atoms with Crippen molar-refractivity contribution in [2.24, 2.45) is 5.73 Å². The van der Waals surface area contributed by atoms with Gasteiger partial charge in [0.2, 0.25) is 0 Å². The normalized spacial score (nSPS) is 12.4. The van der Waals surface area contributed by atoms with Gasteiger partial charge in [-0.3, -0.25) is 0 Å². The SMILES string of the molecule is Cc1cccc(SCC(N)Cc2cc(F)cc(F)c2)c1. The molecule has 0 aliphatic heterocycles. The summed E-state index contributed by atoms with van der Waals surface area (Å²) in [5.41, 5.74) is 7.83. The maximum absolute atomic E-state index is 13.1. The molecule has 2 N–H and O–H groups in total. The van der Waals surface area contributed by atoms with E-state index in [-0.39, 0.29) is 6.04 Å². The second kappa shape index (κ2) is 6.86. The number of aryl methyl sites for hydroxylation is 1. The monoisotopic (exact) mass is 293 g/mol. The van der Waals surface area contributed by atoms with Gasteiger partial charge in [0.25, 0.3) is 0 Å². The largest absolute Gasteiger partial charge is 0.327 e. The van der Waals surface area contributed by atoms with E-state index in [1.54, 1.807) is 11.8 Å². The van der Waals surface area contributed by atoms with Crippen LogP contribution in [0.25, 0.3) is 0 Å². The molecule has 20 heavy (non-hydrogen) atoms. The first-order valence-corrected chi connectivity index (χ1v) is 7.41. The Morgan fingerprint density at radius 3 is 2.45 bits per heavy atom. The van der Waals surface area contributed by atoms with Gasteiger partial charge in [-0.2, -0.15) is 0 Å². The molecular formula is C16H17F2NS. The van der Waals surface area contributed by atoms with Gasteiger partial charge in [-0.25, -0.2) is 8.78 Å². The summed E-state index contributed by atoms with van der Waals surface area (Å²) in [7, 11) is 0. The molecule has 0 bridgehead atoms. The second-order valence-corrected chi connectivity index (χ2v) is 5.96. The first-order valence-electron chi connectivity index (χ1n) is 6.43. The van der Waals surface area contributed by atoms with Gasteiger partial charge in [0.15, 0.2) is 0 Å². The number of thioether (sulfide) groups is 1. The van der Waals surface area contributed by atoms with Crippen molar-refractivity contribution in [3.8, 4) is 0 Å². The molecule has 0 amide bonds. The van der Waals surface area contributed by atoms with Gasteiger partial charge < -0.3 is 5.73 Å². The van der Waals surface area contributed by atoms with Crippen molar-refractivity contribution in [3.63, 3.8) is 0 Å². The van der Waals surface area contributed by atoms with E-state index in [0.717, 1.165) is 11.0 Å². The molecule has 106 valence electrons. The van der Waals surface area contributed by atoms with E-state index in [0.29, 0.717) is 17.7 Å². The van der Waals surface area contributed by atoms with Crippen LogP contribution in [-0.4, -0.2) is 11.8 Å². The number of nitrogens with two attached hydrogens (primary N) is 1. The van der Waals surface area contributed by atoms with Gasteiger partial charge in [-0.05, 0) is 43.2 Å². The van der Waals surface area contributed by atoms with Gasteiger partial charge in [-0.15, -0.1) is 11.8 Å². The minimum atomic E-state index is -0.557. The van der Waals surface area contributed by atoms with Crippen molar-refractivity contribution >= 4 is 11.8 Å². The maximum atomic E-state index is 13.1. The summed E-state index contributed by atoms with van der Waals surface area (Å²) in [5, 5.41) is 0. The van der Waals surface area contributed by atoms with Crippen LogP contribution in [0.5, 0.6) is 0 Å². The third kappa shape index (κ3) is 4.62. The lowest BCUT2D eigenvalue weighted by atomic mass is 10.1. The van der Waals surface area contributed by atoms with Crippen molar-refractivity contribution in [1.82, 2.24) is 0 Å². The Labute approximate surface area is 122 Å². The maximum Gasteiger partial charge on any atom is 0.126 e. The van der Waals surface area contributed by atoms with Crippen molar-refractivity contribution in [3.05, 3.63) is 65.2 Å². The molecule has 2 rings (SSSR count). The highest BCUT2D eigenvalue weighted by Gasteiger charge is 2.08. The highest BCUT2D eigenvalue weighted by atomic mass is 32.2. The first-order chi connectivity index (χ1) is 9.52. The number of benzene rings is 2. The van der Waals surface area contributed by atoms with Crippen molar-refractivity contribution in [2.75, 3.05) is 5.75 Å². The number of hydrogen-bond acceptors (Lipinski definition) is 2. The lowest BCUT2D eigenvalue weighted by molar-refractivity contribution is 0.577. The predicted molar refractivity (Wildman–Crippen MR) is 79.9 cm³/mol. The molecular weight excluding hydrogens is 276 g/mol. The summed E-state index contributed by atoms with van der Waals surface area (Å²) < 4.78 is 26.2. The Morgan fingerprint density at radius 1 is 1.10 bits per heavy atom. The second-order valence-electron chi connectivity index (χ2n) is 4.87. The van der Waals surface area contributed by atoms with Crippen molar-refractivity contribution < 1.29 is 8.78 Å². The molecule has 0 aliphatic rings. The van der Waals surface area contributed by atoms with Crippen LogP contribution < -0.4 is 5.73 Å².